The number of hydrogen-bond donors (Lipinski definition) is 1. The molecule has 1 N–H and O–H groups in total. The highest BCUT2D eigenvalue weighted by molar-refractivity contribution is 5.90. The lowest BCUT2D eigenvalue weighted by molar-refractivity contribution is -0.158. The summed E-state index contributed by atoms with van der Waals surface area (Å²) in [6, 6.07) is 0. The lowest BCUT2D eigenvalue weighted by Crippen LogP contribution is -2.29. The van der Waals surface area contributed by atoms with Gasteiger partial charge in [0.2, 0.25) is 0 Å². The normalized spacial score (nSPS) is 30.1. The van der Waals surface area contributed by atoms with Crippen LogP contribution in [-0.2, 0) is 28.7 Å². The van der Waals surface area contributed by atoms with Gasteiger partial charge in [0, 0.05) is 5.92 Å². The summed E-state index contributed by atoms with van der Waals surface area (Å²) in [6.07, 6.45) is 1.31. The number of carbonyl (C=O) groups is 4. The highest BCUT2D eigenvalue weighted by Gasteiger charge is 2.76. The van der Waals surface area contributed by atoms with E-state index in [9.17, 15) is 24.3 Å². The molecule has 2 aliphatic rings. The monoisotopic (exact) mass is 366 g/mol. The van der Waals surface area contributed by atoms with Crippen LogP contribution in [0.15, 0.2) is 11.6 Å². The Labute approximate surface area is 152 Å². The van der Waals surface area contributed by atoms with Crippen molar-refractivity contribution in [3.63, 3.8) is 0 Å². The highest BCUT2D eigenvalue weighted by atomic mass is 16.5. The Balaban J connectivity index is 2.25. The average Bonchev–Trinajstić information content (AvgIpc) is 3.09. The van der Waals surface area contributed by atoms with E-state index in [0.29, 0.717) is 11.9 Å². The van der Waals surface area contributed by atoms with Crippen LogP contribution in [0.1, 0.15) is 41.5 Å². The van der Waals surface area contributed by atoms with E-state index in [-0.39, 0.29) is 6.61 Å². The lowest BCUT2D eigenvalue weighted by Gasteiger charge is -2.21. The molecular formula is C19H26O7. The molecule has 0 aliphatic heterocycles. The molecule has 0 unspecified atom stereocenters. The predicted molar refractivity (Wildman–Crippen MR) is 90.9 cm³/mol. The summed E-state index contributed by atoms with van der Waals surface area (Å²) in [5.41, 5.74) is -2.37. The summed E-state index contributed by atoms with van der Waals surface area (Å²) in [7, 11) is 0. The number of esters is 2. The SMILES string of the molecule is CC(C)(C)C(=O)OCC1=C[C@@H](OC(=O)C(C)(C)C)[C@@H]2[C@H](C(=O)O)[C@]12C=O. The zero-order valence-electron chi connectivity index (χ0n) is 16.0. The van der Waals surface area contributed by atoms with Gasteiger partial charge in [0.1, 0.15) is 19.0 Å². The second-order valence-electron chi connectivity index (χ2n) is 9.03. The zero-order valence-corrected chi connectivity index (χ0v) is 16.0. The lowest BCUT2D eigenvalue weighted by atomic mass is 9.95. The molecule has 1 saturated carbocycles. The molecule has 0 aromatic rings. The van der Waals surface area contributed by atoms with Crippen LogP contribution in [0.5, 0.6) is 0 Å². The van der Waals surface area contributed by atoms with E-state index >= 15 is 0 Å². The van der Waals surface area contributed by atoms with Crippen LogP contribution in [0.2, 0.25) is 0 Å². The van der Waals surface area contributed by atoms with Gasteiger partial charge >= 0.3 is 17.9 Å². The number of carboxylic acids is 1. The first-order chi connectivity index (χ1) is 11.8. The smallest absolute Gasteiger partial charge is 0.311 e. The van der Waals surface area contributed by atoms with Crippen molar-refractivity contribution in [3.8, 4) is 0 Å². The minimum absolute atomic E-state index is 0.196. The fourth-order valence-corrected chi connectivity index (χ4v) is 3.28. The standard InChI is InChI=1S/C19H26O7/c1-17(2,3)15(23)25-8-10-7-11(26-16(24)18(4,5)6)12-13(14(21)22)19(10,12)9-20/h7,9,11-13H,8H2,1-6H3,(H,21,22)/t11-,12-,13-,19-/m1/s1. The predicted octanol–water partition coefficient (Wildman–Crippen LogP) is 1.99. The number of aliphatic carboxylic acids is 1. The van der Waals surface area contributed by atoms with Gasteiger partial charge in [0.05, 0.1) is 22.2 Å². The second-order valence-corrected chi connectivity index (χ2v) is 9.03. The van der Waals surface area contributed by atoms with E-state index in [1.54, 1.807) is 47.6 Å². The van der Waals surface area contributed by atoms with Crippen LogP contribution >= 0.6 is 0 Å². The summed E-state index contributed by atoms with van der Waals surface area (Å²) in [5, 5.41) is 9.46. The summed E-state index contributed by atoms with van der Waals surface area (Å²) < 4.78 is 10.7. The number of carboxylic acid groups (broad SMARTS) is 1. The first-order valence-corrected chi connectivity index (χ1v) is 8.55. The van der Waals surface area contributed by atoms with E-state index < -0.39 is 52.1 Å². The van der Waals surface area contributed by atoms with Crippen LogP contribution in [0.3, 0.4) is 0 Å². The molecule has 0 heterocycles. The van der Waals surface area contributed by atoms with Gasteiger partial charge in [-0.3, -0.25) is 14.4 Å². The van der Waals surface area contributed by atoms with Crippen LogP contribution in [0.25, 0.3) is 0 Å². The highest BCUT2D eigenvalue weighted by Crippen LogP contribution is 2.68. The van der Waals surface area contributed by atoms with E-state index in [2.05, 4.69) is 0 Å². The topological polar surface area (TPSA) is 107 Å². The van der Waals surface area contributed by atoms with Gasteiger partial charge in [-0.2, -0.15) is 0 Å². The van der Waals surface area contributed by atoms with Crippen molar-refractivity contribution in [2.45, 2.75) is 47.6 Å². The summed E-state index contributed by atoms with van der Waals surface area (Å²) >= 11 is 0. The summed E-state index contributed by atoms with van der Waals surface area (Å²) in [4.78, 5) is 47.5. The average molecular weight is 366 g/mol. The fourth-order valence-electron chi connectivity index (χ4n) is 3.28. The van der Waals surface area contributed by atoms with Crippen LogP contribution in [0.4, 0.5) is 0 Å². The molecule has 0 amide bonds. The van der Waals surface area contributed by atoms with Crippen molar-refractivity contribution in [3.05, 3.63) is 11.6 Å². The first-order valence-electron chi connectivity index (χ1n) is 8.55. The van der Waals surface area contributed by atoms with E-state index in [0.717, 1.165) is 0 Å². The van der Waals surface area contributed by atoms with Crippen molar-refractivity contribution >= 4 is 24.2 Å². The Bertz CT molecular complexity index is 677. The van der Waals surface area contributed by atoms with Gasteiger partial charge in [0.15, 0.2) is 0 Å². The van der Waals surface area contributed by atoms with E-state index in [4.69, 9.17) is 9.47 Å². The minimum atomic E-state index is -1.27. The maximum absolute atomic E-state index is 12.2. The van der Waals surface area contributed by atoms with Gasteiger partial charge in [-0.05, 0) is 53.2 Å². The van der Waals surface area contributed by atoms with Crippen molar-refractivity contribution < 1.29 is 33.8 Å². The minimum Gasteiger partial charge on any atom is -0.481 e. The fraction of sp³-hybridized carbons (Fsp3) is 0.684. The zero-order chi connectivity index (χ0) is 20.1. The molecule has 1 fully saturated rings. The maximum atomic E-state index is 12.2. The molecule has 0 spiro atoms. The van der Waals surface area contributed by atoms with Crippen molar-refractivity contribution in [2.24, 2.45) is 28.1 Å². The Morgan fingerprint density at radius 1 is 1.12 bits per heavy atom. The number of aldehydes is 1. The third-order valence-electron chi connectivity index (χ3n) is 4.88. The van der Waals surface area contributed by atoms with Gasteiger partial charge in [0.25, 0.3) is 0 Å². The molecule has 26 heavy (non-hydrogen) atoms. The number of fused-ring (bicyclic) bond motifs is 1. The Kier molecular flexibility index (Phi) is 4.81. The number of hydrogen-bond acceptors (Lipinski definition) is 6. The molecule has 2 rings (SSSR count). The number of carbonyl (C=O) groups excluding carboxylic acids is 3. The second kappa shape index (κ2) is 6.21. The molecule has 7 heteroatoms. The molecule has 0 bridgehead atoms. The van der Waals surface area contributed by atoms with E-state index in [1.807, 2.05) is 0 Å². The van der Waals surface area contributed by atoms with Crippen molar-refractivity contribution in [1.82, 2.24) is 0 Å². The van der Waals surface area contributed by atoms with Crippen LogP contribution in [-0.4, -0.2) is 42.0 Å². The molecule has 144 valence electrons. The third-order valence-corrected chi connectivity index (χ3v) is 4.88. The van der Waals surface area contributed by atoms with Gasteiger partial charge in [-0.1, -0.05) is 0 Å². The van der Waals surface area contributed by atoms with Crippen LogP contribution < -0.4 is 0 Å². The van der Waals surface area contributed by atoms with Crippen molar-refractivity contribution in [2.75, 3.05) is 6.61 Å². The van der Waals surface area contributed by atoms with Gasteiger partial charge < -0.3 is 19.4 Å². The third kappa shape index (κ3) is 3.27. The molecule has 7 nitrogen and oxygen atoms in total. The van der Waals surface area contributed by atoms with Gasteiger partial charge in [-0.25, -0.2) is 0 Å². The molecule has 2 aliphatic carbocycles. The first kappa shape index (κ1) is 20.1. The maximum Gasteiger partial charge on any atom is 0.311 e. The number of rotatable bonds is 5. The molecule has 4 atom stereocenters. The molecule has 0 radical (unpaired) electrons. The molecule has 0 saturated heterocycles. The Hall–Kier alpha value is -2.18. The van der Waals surface area contributed by atoms with Gasteiger partial charge in [-0.15, -0.1) is 0 Å². The molecular weight excluding hydrogens is 340 g/mol. The Morgan fingerprint density at radius 2 is 1.65 bits per heavy atom. The summed E-state index contributed by atoms with van der Waals surface area (Å²) in [5.74, 6) is -3.72. The Morgan fingerprint density at radius 3 is 2.08 bits per heavy atom. The quantitative estimate of drug-likeness (QED) is 0.450. The van der Waals surface area contributed by atoms with E-state index in [1.165, 1.54) is 0 Å². The largest absolute Gasteiger partial charge is 0.481 e. The molecule has 0 aromatic carbocycles. The van der Waals surface area contributed by atoms with Crippen molar-refractivity contribution in [1.29, 1.82) is 0 Å². The van der Waals surface area contributed by atoms with Crippen LogP contribution in [0, 0.1) is 28.1 Å². The summed E-state index contributed by atoms with van der Waals surface area (Å²) in [6.45, 7) is 9.96. The molecule has 0 aromatic heterocycles. The number of ether oxygens (including phenoxy) is 2.